The Balaban J connectivity index is 1.64. The summed E-state index contributed by atoms with van der Waals surface area (Å²) in [7, 11) is 3.99. The summed E-state index contributed by atoms with van der Waals surface area (Å²) in [6.45, 7) is 2.00. The Labute approximate surface area is 182 Å². The van der Waals surface area contributed by atoms with Gasteiger partial charge in [-0.3, -0.25) is 4.79 Å². The molecule has 3 aromatic carbocycles. The van der Waals surface area contributed by atoms with Gasteiger partial charge in [0.25, 0.3) is 5.91 Å². The van der Waals surface area contributed by atoms with Crippen molar-refractivity contribution < 1.29 is 4.79 Å². The van der Waals surface area contributed by atoms with E-state index in [0.717, 1.165) is 39.0 Å². The van der Waals surface area contributed by atoms with Gasteiger partial charge in [-0.05, 0) is 42.8 Å². The number of rotatable bonds is 5. The molecular weight excluding hydrogens is 384 g/mol. The zero-order chi connectivity index (χ0) is 21.8. The minimum Gasteiger partial charge on any atom is -0.378 e. The molecule has 0 aliphatic rings. The van der Waals surface area contributed by atoms with E-state index in [0.29, 0.717) is 5.56 Å². The lowest BCUT2D eigenvalue weighted by Gasteiger charge is -2.11. The lowest BCUT2D eigenvalue weighted by atomic mass is 10.0. The van der Waals surface area contributed by atoms with Gasteiger partial charge in [-0.1, -0.05) is 54.1 Å². The second kappa shape index (κ2) is 8.79. The summed E-state index contributed by atoms with van der Waals surface area (Å²) in [4.78, 5) is 19.8. The van der Waals surface area contributed by atoms with Crippen LogP contribution in [-0.2, 0) is 0 Å². The lowest BCUT2D eigenvalue weighted by molar-refractivity contribution is 0.0956. The Hall–Kier alpha value is -3.99. The Kier molecular flexibility index (Phi) is 5.76. The van der Waals surface area contributed by atoms with Gasteiger partial charge in [0.2, 0.25) is 0 Å². The number of benzene rings is 3. The first kappa shape index (κ1) is 20.3. The van der Waals surface area contributed by atoms with Crippen molar-refractivity contribution in [2.24, 2.45) is 5.10 Å². The lowest BCUT2D eigenvalue weighted by Crippen LogP contribution is -2.18. The van der Waals surface area contributed by atoms with Crippen molar-refractivity contribution in [3.8, 4) is 11.3 Å². The number of anilines is 1. The zero-order valence-corrected chi connectivity index (χ0v) is 17.8. The van der Waals surface area contributed by atoms with Crippen LogP contribution in [-0.4, -0.2) is 31.2 Å². The van der Waals surface area contributed by atoms with Gasteiger partial charge < -0.3 is 4.90 Å². The summed E-state index contributed by atoms with van der Waals surface area (Å²) in [5.41, 5.74) is 8.79. The first-order valence-electron chi connectivity index (χ1n) is 10.1. The van der Waals surface area contributed by atoms with Crippen LogP contribution in [0.3, 0.4) is 0 Å². The van der Waals surface area contributed by atoms with E-state index in [2.05, 4.69) is 10.5 Å². The highest BCUT2D eigenvalue weighted by Gasteiger charge is 2.14. The largest absolute Gasteiger partial charge is 0.378 e. The topological polar surface area (TPSA) is 57.6 Å². The van der Waals surface area contributed by atoms with Gasteiger partial charge >= 0.3 is 0 Å². The minimum absolute atomic E-state index is 0.267. The van der Waals surface area contributed by atoms with Crippen LogP contribution in [0.25, 0.3) is 22.2 Å². The molecule has 4 rings (SSSR count). The van der Waals surface area contributed by atoms with Crippen LogP contribution in [0, 0.1) is 6.92 Å². The molecule has 0 saturated carbocycles. The SMILES string of the molecule is Cc1ccc2nc(-c3ccccc3)cc(C(=O)NN=Cc3ccc(N(C)C)cc3)c2c1. The Morgan fingerprint density at radius 1 is 0.968 bits per heavy atom. The van der Waals surface area contributed by atoms with Crippen LogP contribution >= 0.6 is 0 Å². The summed E-state index contributed by atoms with van der Waals surface area (Å²) >= 11 is 0. The normalized spacial score (nSPS) is 11.1. The van der Waals surface area contributed by atoms with Crippen LogP contribution in [0.5, 0.6) is 0 Å². The number of nitrogens with one attached hydrogen (secondary N) is 1. The molecule has 0 aliphatic carbocycles. The van der Waals surface area contributed by atoms with Crippen molar-refractivity contribution in [3.63, 3.8) is 0 Å². The van der Waals surface area contributed by atoms with Gasteiger partial charge in [-0.15, -0.1) is 0 Å². The molecule has 1 amide bonds. The molecule has 0 fully saturated rings. The minimum atomic E-state index is -0.267. The predicted octanol–water partition coefficient (Wildman–Crippen LogP) is 5.04. The molecule has 31 heavy (non-hydrogen) atoms. The fourth-order valence-corrected chi connectivity index (χ4v) is 3.37. The number of nitrogens with zero attached hydrogens (tertiary/aromatic N) is 3. The quantitative estimate of drug-likeness (QED) is 0.372. The van der Waals surface area contributed by atoms with E-state index in [1.807, 2.05) is 105 Å². The third-order valence-electron chi connectivity index (χ3n) is 5.07. The van der Waals surface area contributed by atoms with Crippen molar-refractivity contribution in [1.82, 2.24) is 10.4 Å². The van der Waals surface area contributed by atoms with Gasteiger partial charge in [0.1, 0.15) is 0 Å². The van der Waals surface area contributed by atoms with Crippen LogP contribution in [0.4, 0.5) is 5.69 Å². The van der Waals surface area contributed by atoms with Crippen molar-refractivity contribution in [1.29, 1.82) is 0 Å². The van der Waals surface area contributed by atoms with Crippen molar-refractivity contribution in [2.45, 2.75) is 6.92 Å². The number of fused-ring (bicyclic) bond motifs is 1. The summed E-state index contributed by atoms with van der Waals surface area (Å²) in [5.74, 6) is -0.267. The molecule has 154 valence electrons. The van der Waals surface area contributed by atoms with E-state index >= 15 is 0 Å². The molecular formula is C26H24N4O. The molecule has 0 saturated heterocycles. The molecule has 5 heteroatoms. The van der Waals surface area contributed by atoms with E-state index in [-0.39, 0.29) is 5.91 Å². The number of amides is 1. The molecule has 5 nitrogen and oxygen atoms in total. The average Bonchev–Trinajstić information content (AvgIpc) is 2.79. The zero-order valence-electron chi connectivity index (χ0n) is 17.8. The number of carbonyl (C=O) groups is 1. The molecule has 0 aliphatic heterocycles. The van der Waals surface area contributed by atoms with E-state index < -0.39 is 0 Å². The Bertz CT molecular complexity index is 1250. The smallest absolute Gasteiger partial charge is 0.272 e. The molecule has 0 spiro atoms. The van der Waals surface area contributed by atoms with Gasteiger partial charge in [0, 0.05) is 30.7 Å². The van der Waals surface area contributed by atoms with Gasteiger partial charge in [0.05, 0.1) is 23.0 Å². The second-order valence-corrected chi connectivity index (χ2v) is 7.63. The van der Waals surface area contributed by atoms with Crippen LogP contribution in [0.2, 0.25) is 0 Å². The molecule has 0 unspecified atom stereocenters. The first-order valence-corrected chi connectivity index (χ1v) is 10.1. The van der Waals surface area contributed by atoms with E-state index in [9.17, 15) is 4.79 Å². The highest BCUT2D eigenvalue weighted by Crippen LogP contribution is 2.25. The fraction of sp³-hybridized carbons (Fsp3) is 0.115. The number of hydrogen-bond donors (Lipinski definition) is 1. The van der Waals surface area contributed by atoms with Crippen LogP contribution < -0.4 is 10.3 Å². The van der Waals surface area contributed by atoms with E-state index in [1.54, 1.807) is 6.21 Å². The van der Waals surface area contributed by atoms with Gasteiger partial charge in [-0.25, -0.2) is 10.4 Å². The van der Waals surface area contributed by atoms with Crippen molar-refractivity contribution >= 4 is 28.7 Å². The van der Waals surface area contributed by atoms with Crippen molar-refractivity contribution in [2.75, 3.05) is 19.0 Å². The summed E-state index contributed by atoms with van der Waals surface area (Å²) in [6.07, 6.45) is 1.64. The number of aromatic nitrogens is 1. The fourth-order valence-electron chi connectivity index (χ4n) is 3.37. The maximum absolute atomic E-state index is 13.0. The molecule has 1 N–H and O–H groups in total. The van der Waals surface area contributed by atoms with Gasteiger partial charge in [-0.2, -0.15) is 5.10 Å². The summed E-state index contributed by atoms with van der Waals surface area (Å²) < 4.78 is 0. The predicted molar refractivity (Wildman–Crippen MR) is 128 cm³/mol. The Morgan fingerprint density at radius 2 is 1.71 bits per heavy atom. The molecule has 1 aromatic heterocycles. The molecule has 1 heterocycles. The van der Waals surface area contributed by atoms with Gasteiger partial charge in [0.15, 0.2) is 0 Å². The number of carbonyl (C=O) groups excluding carboxylic acids is 1. The number of aryl methyl sites for hydroxylation is 1. The number of pyridine rings is 1. The van der Waals surface area contributed by atoms with E-state index in [4.69, 9.17) is 4.98 Å². The highest BCUT2D eigenvalue weighted by molar-refractivity contribution is 6.07. The third kappa shape index (κ3) is 4.61. The highest BCUT2D eigenvalue weighted by atomic mass is 16.2. The monoisotopic (exact) mass is 408 g/mol. The average molecular weight is 409 g/mol. The summed E-state index contributed by atoms with van der Waals surface area (Å²) in [5, 5.41) is 4.97. The van der Waals surface area contributed by atoms with E-state index in [1.165, 1.54) is 0 Å². The third-order valence-corrected chi connectivity index (χ3v) is 5.07. The molecule has 0 radical (unpaired) electrons. The molecule has 0 bridgehead atoms. The first-order chi connectivity index (χ1) is 15.0. The second-order valence-electron chi connectivity index (χ2n) is 7.63. The molecule has 4 aromatic rings. The number of hydrogen-bond acceptors (Lipinski definition) is 4. The van der Waals surface area contributed by atoms with Crippen molar-refractivity contribution in [3.05, 3.63) is 95.6 Å². The maximum Gasteiger partial charge on any atom is 0.272 e. The van der Waals surface area contributed by atoms with Crippen LogP contribution in [0.15, 0.2) is 84.0 Å². The summed E-state index contributed by atoms with van der Waals surface area (Å²) in [6, 6.07) is 25.6. The standard InChI is InChI=1S/C26H24N4O/c1-18-9-14-24-22(15-18)23(16-25(28-24)20-7-5-4-6-8-20)26(31)29-27-17-19-10-12-21(13-11-19)30(2)3/h4-17H,1-3H3,(H,29,31). The Morgan fingerprint density at radius 3 is 2.42 bits per heavy atom. The van der Waals surface area contributed by atoms with Crippen LogP contribution in [0.1, 0.15) is 21.5 Å². The molecule has 0 atom stereocenters. The number of hydrazone groups is 1. The maximum atomic E-state index is 13.0.